The molecule has 2 saturated heterocycles. The van der Waals surface area contributed by atoms with E-state index in [1.807, 2.05) is 0 Å². The molecular weight excluding hydrogens is 134 g/mol. The van der Waals surface area contributed by atoms with Crippen molar-refractivity contribution in [3.63, 3.8) is 0 Å². The van der Waals surface area contributed by atoms with Crippen LogP contribution < -0.4 is 0 Å². The summed E-state index contributed by atoms with van der Waals surface area (Å²) in [5.41, 5.74) is 0. The zero-order valence-corrected chi connectivity index (χ0v) is 7.71. The van der Waals surface area contributed by atoms with Crippen molar-refractivity contribution in [2.24, 2.45) is 0 Å². The van der Waals surface area contributed by atoms with Gasteiger partial charge in [-0.3, -0.25) is 4.90 Å². The summed E-state index contributed by atoms with van der Waals surface area (Å²) in [6.07, 6.45) is 7.22. The summed E-state index contributed by atoms with van der Waals surface area (Å²) in [5, 5.41) is 0. The molecule has 0 N–H and O–H groups in total. The SMILES string of the molecule is CC[C@H]1CC[C@H]2CC[C@@H](C)N21. The Morgan fingerprint density at radius 1 is 1.18 bits per heavy atom. The van der Waals surface area contributed by atoms with Crippen molar-refractivity contribution >= 4 is 0 Å². The van der Waals surface area contributed by atoms with Gasteiger partial charge < -0.3 is 0 Å². The van der Waals surface area contributed by atoms with Gasteiger partial charge in [-0.05, 0) is 39.0 Å². The van der Waals surface area contributed by atoms with E-state index in [1.54, 1.807) is 0 Å². The van der Waals surface area contributed by atoms with Crippen LogP contribution in [0.2, 0.25) is 0 Å². The topological polar surface area (TPSA) is 3.24 Å². The number of nitrogens with zero attached hydrogens (tertiary/aromatic N) is 1. The van der Waals surface area contributed by atoms with Crippen LogP contribution in [0.3, 0.4) is 0 Å². The van der Waals surface area contributed by atoms with Gasteiger partial charge in [0.1, 0.15) is 0 Å². The molecule has 1 heteroatoms. The third-order valence-electron chi connectivity index (χ3n) is 3.57. The maximum atomic E-state index is 2.78. The molecular formula is C10H19N. The molecule has 64 valence electrons. The first kappa shape index (κ1) is 7.60. The van der Waals surface area contributed by atoms with E-state index in [2.05, 4.69) is 18.7 Å². The van der Waals surface area contributed by atoms with Crippen LogP contribution in [0.1, 0.15) is 46.0 Å². The lowest BCUT2D eigenvalue weighted by molar-refractivity contribution is 0.187. The molecule has 0 spiro atoms. The third-order valence-corrected chi connectivity index (χ3v) is 3.57. The fourth-order valence-electron chi connectivity index (χ4n) is 2.99. The van der Waals surface area contributed by atoms with Crippen molar-refractivity contribution in [3.05, 3.63) is 0 Å². The molecule has 2 aliphatic heterocycles. The summed E-state index contributed by atoms with van der Waals surface area (Å²) in [6.45, 7) is 4.73. The molecule has 0 aliphatic carbocycles. The van der Waals surface area contributed by atoms with Crippen molar-refractivity contribution in [2.45, 2.75) is 64.1 Å². The van der Waals surface area contributed by atoms with E-state index < -0.39 is 0 Å². The summed E-state index contributed by atoms with van der Waals surface area (Å²) in [7, 11) is 0. The zero-order valence-electron chi connectivity index (χ0n) is 7.71. The average molecular weight is 153 g/mol. The maximum absolute atomic E-state index is 2.78. The smallest absolute Gasteiger partial charge is 0.0102 e. The Labute approximate surface area is 69.8 Å². The molecule has 2 aliphatic rings. The Hall–Kier alpha value is -0.0400. The highest BCUT2D eigenvalue weighted by Gasteiger charge is 2.39. The van der Waals surface area contributed by atoms with E-state index in [4.69, 9.17) is 0 Å². The van der Waals surface area contributed by atoms with Crippen molar-refractivity contribution in [2.75, 3.05) is 0 Å². The van der Waals surface area contributed by atoms with Crippen LogP contribution in [0.4, 0.5) is 0 Å². The Kier molecular flexibility index (Phi) is 1.92. The molecule has 2 fully saturated rings. The number of fused-ring (bicyclic) bond motifs is 1. The molecule has 3 atom stereocenters. The Bertz CT molecular complexity index is 144. The third kappa shape index (κ3) is 1.10. The Morgan fingerprint density at radius 3 is 2.64 bits per heavy atom. The summed E-state index contributed by atoms with van der Waals surface area (Å²) in [6, 6.07) is 2.78. The predicted octanol–water partition coefficient (Wildman–Crippen LogP) is 2.41. The summed E-state index contributed by atoms with van der Waals surface area (Å²) >= 11 is 0. The van der Waals surface area contributed by atoms with Crippen LogP contribution >= 0.6 is 0 Å². The van der Waals surface area contributed by atoms with Crippen LogP contribution in [0.15, 0.2) is 0 Å². The highest BCUT2D eigenvalue weighted by molar-refractivity contribution is 4.94. The van der Waals surface area contributed by atoms with E-state index in [-0.39, 0.29) is 0 Å². The van der Waals surface area contributed by atoms with E-state index in [1.165, 1.54) is 32.1 Å². The second-order valence-electron chi connectivity index (χ2n) is 4.17. The molecule has 0 saturated carbocycles. The summed E-state index contributed by atoms with van der Waals surface area (Å²) in [4.78, 5) is 2.78. The minimum atomic E-state index is 0.882. The Balaban J connectivity index is 2.07. The van der Waals surface area contributed by atoms with Gasteiger partial charge in [-0.1, -0.05) is 6.92 Å². The van der Waals surface area contributed by atoms with Crippen LogP contribution in [0.25, 0.3) is 0 Å². The van der Waals surface area contributed by atoms with Gasteiger partial charge in [0.2, 0.25) is 0 Å². The minimum Gasteiger partial charge on any atom is -0.295 e. The van der Waals surface area contributed by atoms with E-state index in [0.29, 0.717) is 0 Å². The molecule has 0 radical (unpaired) electrons. The van der Waals surface area contributed by atoms with Crippen molar-refractivity contribution in [1.82, 2.24) is 4.90 Å². The van der Waals surface area contributed by atoms with Crippen molar-refractivity contribution < 1.29 is 0 Å². The predicted molar refractivity (Wildman–Crippen MR) is 47.6 cm³/mol. The molecule has 0 unspecified atom stereocenters. The average Bonchev–Trinajstić information content (AvgIpc) is 2.54. The summed E-state index contributed by atoms with van der Waals surface area (Å²) in [5.74, 6) is 0. The second kappa shape index (κ2) is 2.78. The van der Waals surface area contributed by atoms with E-state index in [9.17, 15) is 0 Å². The zero-order chi connectivity index (χ0) is 7.84. The van der Waals surface area contributed by atoms with E-state index >= 15 is 0 Å². The molecule has 11 heavy (non-hydrogen) atoms. The fourth-order valence-corrected chi connectivity index (χ4v) is 2.99. The van der Waals surface area contributed by atoms with Crippen LogP contribution in [0, 0.1) is 0 Å². The molecule has 2 heterocycles. The molecule has 0 amide bonds. The van der Waals surface area contributed by atoms with Crippen LogP contribution in [-0.4, -0.2) is 23.0 Å². The first-order chi connectivity index (χ1) is 5.33. The number of hydrogen-bond acceptors (Lipinski definition) is 1. The van der Waals surface area contributed by atoms with Gasteiger partial charge >= 0.3 is 0 Å². The van der Waals surface area contributed by atoms with Crippen molar-refractivity contribution in [1.29, 1.82) is 0 Å². The van der Waals surface area contributed by atoms with Gasteiger partial charge in [0, 0.05) is 18.1 Å². The standard InChI is InChI=1S/C10H19N/c1-3-9-6-7-10-5-4-8(2)11(9)10/h8-10H,3-7H2,1-2H3/t8-,9+,10-/m1/s1. The van der Waals surface area contributed by atoms with E-state index in [0.717, 1.165) is 18.1 Å². The first-order valence-electron chi connectivity index (χ1n) is 5.10. The molecule has 2 rings (SSSR count). The monoisotopic (exact) mass is 153 g/mol. The van der Waals surface area contributed by atoms with Gasteiger partial charge in [0.15, 0.2) is 0 Å². The highest BCUT2D eigenvalue weighted by atomic mass is 15.2. The largest absolute Gasteiger partial charge is 0.295 e. The number of rotatable bonds is 1. The quantitative estimate of drug-likeness (QED) is 0.559. The number of hydrogen-bond donors (Lipinski definition) is 0. The van der Waals surface area contributed by atoms with Gasteiger partial charge in [-0.25, -0.2) is 0 Å². The summed E-state index contributed by atoms with van der Waals surface area (Å²) < 4.78 is 0. The molecule has 0 bridgehead atoms. The first-order valence-corrected chi connectivity index (χ1v) is 5.10. The van der Waals surface area contributed by atoms with Gasteiger partial charge in [0.25, 0.3) is 0 Å². The molecule has 0 aromatic rings. The van der Waals surface area contributed by atoms with Gasteiger partial charge in [0.05, 0.1) is 0 Å². The molecule has 0 aromatic heterocycles. The lowest BCUT2D eigenvalue weighted by Crippen LogP contribution is -2.36. The second-order valence-corrected chi connectivity index (χ2v) is 4.17. The molecule has 1 nitrogen and oxygen atoms in total. The normalized spacial score (nSPS) is 44.7. The fraction of sp³-hybridized carbons (Fsp3) is 1.00. The van der Waals surface area contributed by atoms with Gasteiger partial charge in [-0.2, -0.15) is 0 Å². The lowest BCUT2D eigenvalue weighted by Gasteiger charge is -2.27. The highest BCUT2D eigenvalue weighted by Crippen LogP contribution is 2.37. The lowest BCUT2D eigenvalue weighted by atomic mass is 10.1. The van der Waals surface area contributed by atoms with Crippen LogP contribution in [0.5, 0.6) is 0 Å². The maximum Gasteiger partial charge on any atom is 0.0102 e. The van der Waals surface area contributed by atoms with Crippen LogP contribution in [-0.2, 0) is 0 Å². The van der Waals surface area contributed by atoms with Gasteiger partial charge in [-0.15, -0.1) is 0 Å². The minimum absolute atomic E-state index is 0.882. The van der Waals surface area contributed by atoms with Crippen molar-refractivity contribution in [3.8, 4) is 0 Å². The molecule has 0 aromatic carbocycles. The Morgan fingerprint density at radius 2 is 1.91 bits per heavy atom.